The predicted octanol–water partition coefficient (Wildman–Crippen LogP) is 0.228. The standard InChI is InChI=1S/C7H13NO2S2/c9-12(10)5-1-2-7(6-12)8-3-4-11-7/h8H,1-6H2. The van der Waals surface area contributed by atoms with Crippen molar-refractivity contribution in [2.24, 2.45) is 0 Å². The zero-order valence-electron chi connectivity index (χ0n) is 6.88. The molecule has 70 valence electrons. The van der Waals surface area contributed by atoms with Crippen molar-refractivity contribution in [3.63, 3.8) is 0 Å². The largest absolute Gasteiger partial charge is 0.301 e. The van der Waals surface area contributed by atoms with Crippen molar-refractivity contribution in [2.45, 2.75) is 17.7 Å². The van der Waals surface area contributed by atoms with Crippen LogP contribution in [0.5, 0.6) is 0 Å². The Bertz CT molecular complexity index is 267. The maximum absolute atomic E-state index is 11.4. The summed E-state index contributed by atoms with van der Waals surface area (Å²) in [4.78, 5) is -0.114. The molecule has 0 amide bonds. The summed E-state index contributed by atoms with van der Waals surface area (Å²) < 4.78 is 22.7. The van der Waals surface area contributed by atoms with Gasteiger partial charge >= 0.3 is 0 Å². The molecule has 0 aromatic rings. The molecule has 0 saturated carbocycles. The van der Waals surface area contributed by atoms with Crippen molar-refractivity contribution < 1.29 is 8.42 Å². The molecule has 12 heavy (non-hydrogen) atoms. The number of thioether (sulfide) groups is 1. The van der Waals surface area contributed by atoms with Gasteiger partial charge in [-0.2, -0.15) is 0 Å². The van der Waals surface area contributed by atoms with Crippen LogP contribution in [0.25, 0.3) is 0 Å². The first-order valence-electron chi connectivity index (χ1n) is 4.21. The highest BCUT2D eigenvalue weighted by Crippen LogP contribution is 2.36. The summed E-state index contributed by atoms with van der Waals surface area (Å²) in [6.07, 6.45) is 1.83. The molecule has 1 unspecified atom stereocenters. The molecule has 0 bridgehead atoms. The fourth-order valence-corrected chi connectivity index (χ4v) is 5.55. The Labute approximate surface area is 77.2 Å². The lowest BCUT2D eigenvalue weighted by molar-refractivity contribution is 0.471. The van der Waals surface area contributed by atoms with E-state index in [1.54, 1.807) is 11.8 Å². The van der Waals surface area contributed by atoms with Crippen LogP contribution >= 0.6 is 11.8 Å². The lowest BCUT2D eigenvalue weighted by atomic mass is 10.2. The fourth-order valence-electron chi connectivity index (χ4n) is 1.91. The summed E-state index contributed by atoms with van der Waals surface area (Å²) in [5, 5.41) is 3.31. The van der Waals surface area contributed by atoms with Crippen LogP contribution < -0.4 is 5.32 Å². The van der Waals surface area contributed by atoms with Gasteiger partial charge in [0.25, 0.3) is 0 Å². The molecule has 5 heteroatoms. The quantitative estimate of drug-likeness (QED) is 0.617. The van der Waals surface area contributed by atoms with E-state index in [0.29, 0.717) is 11.5 Å². The van der Waals surface area contributed by atoms with E-state index in [4.69, 9.17) is 0 Å². The van der Waals surface area contributed by atoms with Crippen LogP contribution in [0, 0.1) is 0 Å². The molecule has 2 fully saturated rings. The second-order valence-corrected chi connectivity index (χ2v) is 7.13. The van der Waals surface area contributed by atoms with Crippen molar-refractivity contribution >= 4 is 21.6 Å². The molecular weight excluding hydrogens is 194 g/mol. The van der Waals surface area contributed by atoms with E-state index in [1.165, 1.54) is 0 Å². The van der Waals surface area contributed by atoms with Crippen LogP contribution in [0.3, 0.4) is 0 Å². The van der Waals surface area contributed by atoms with Crippen molar-refractivity contribution in [3.8, 4) is 0 Å². The zero-order chi connectivity index (χ0) is 8.66. The maximum atomic E-state index is 11.4. The molecule has 0 radical (unpaired) electrons. The molecule has 3 nitrogen and oxygen atoms in total. The highest BCUT2D eigenvalue weighted by atomic mass is 32.2. The molecular formula is C7H13NO2S2. The smallest absolute Gasteiger partial charge is 0.152 e. The fraction of sp³-hybridized carbons (Fsp3) is 1.00. The highest BCUT2D eigenvalue weighted by Gasteiger charge is 2.41. The molecule has 2 aliphatic heterocycles. The van der Waals surface area contributed by atoms with E-state index in [-0.39, 0.29) is 4.87 Å². The third-order valence-electron chi connectivity index (χ3n) is 2.42. The van der Waals surface area contributed by atoms with Crippen molar-refractivity contribution in [2.75, 3.05) is 23.8 Å². The van der Waals surface area contributed by atoms with E-state index in [0.717, 1.165) is 25.1 Å². The minimum atomic E-state index is -2.76. The summed E-state index contributed by atoms with van der Waals surface area (Å²) >= 11 is 1.78. The first-order valence-corrected chi connectivity index (χ1v) is 7.02. The van der Waals surface area contributed by atoms with E-state index in [9.17, 15) is 8.42 Å². The van der Waals surface area contributed by atoms with Gasteiger partial charge in [-0.3, -0.25) is 0 Å². The molecule has 1 N–H and O–H groups in total. The molecule has 0 aromatic heterocycles. The van der Waals surface area contributed by atoms with Crippen molar-refractivity contribution in [1.29, 1.82) is 0 Å². The maximum Gasteiger partial charge on any atom is 0.152 e. The minimum Gasteiger partial charge on any atom is -0.301 e. The average molecular weight is 207 g/mol. The van der Waals surface area contributed by atoms with Gasteiger partial charge < -0.3 is 5.32 Å². The van der Waals surface area contributed by atoms with Crippen LogP contribution in [-0.4, -0.2) is 37.1 Å². The van der Waals surface area contributed by atoms with Gasteiger partial charge in [0.2, 0.25) is 0 Å². The number of hydrogen-bond acceptors (Lipinski definition) is 4. The Balaban J connectivity index is 2.17. The normalized spacial score (nSPS) is 40.3. The first kappa shape index (κ1) is 8.84. The van der Waals surface area contributed by atoms with E-state index >= 15 is 0 Å². The average Bonchev–Trinajstić information content (AvgIpc) is 2.34. The second-order valence-electron chi connectivity index (χ2n) is 3.47. The molecule has 2 saturated heterocycles. The summed E-state index contributed by atoms with van der Waals surface area (Å²) in [6, 6.07) is 0. The van der Waals surface area contributed by atoms with Gasteiger partial charge in [0.15, 0.2) is 9.84 Å². The van der Waals surface area contributed by atoms with Gasteiger partial charge in [-0.25, -0.2) is 8.42 Å². The number of hydrogen-bond donors (Lipinski definition) is 1. The lowest BCUT2D eigenvalue weighted by Gasteiger charge is -2.32. The topological polar surface area (TPSA) is 46.2 Å². The zero-order valence-corrected chi connectivity index (χ0v) is 8.51. The molecule has 2 heterocycles. The van der Waals surface area contributed by atoms with E-state index in [1.807, 2.05) is 0 Å². The van der Waals surface area contributed by atoms with Gasteiger partial charge in [-0.15, -0.1) is 11.8 Å². The van der Waals surface area contributed by atoms with Gasteiger partial charge in [0.1, 0.15) is 0 Å². The molecule has 2 rings (SSSR count). The summed E-state index contributed by atoms with van der Waals surface area (Å²) in [5.41, 5.74) is 0. The van der Waals surface area contributed by atoms with Crippen LogP contribution in [0.15, 0.2) is 0 Å². The van der Waals surface area contributed by atoms with Crippen molar-refractivity contribution in [3.05, 3.63) is 0 Å². The third-order valence-corrected chi connectivity index (χ3v) is 5.90. The van der Waals surface area contributed by atoms with Crippen LogP contribution in [-0.2, 0) is 9.84 Å². The van der Waals surface area contributed by atoms with Gasteiger partial charge in [0, 0.05) is 12.3 Å². The SMILES string of the molecule is O=S1(=O)CCCC2(C1)NCCS2. The molecule has 2 aliphatic rings. The molecule has 0 aliphatic carbocycles. The Morgan fingerprint density at radius 1 is 1.42 bits per heavy atom. The molecule has 1 spiro atoms. The lowest BCUT2D eigenvalue weighted by Crippen LogP contribution is -2.47. The number of nitrogens with one attached hydrogen (secondary N) is 1. The Morgan fingerprint density at radius 2 is 2.25 bits per heavy atom. The summed E-state index contributed by atoms with van der Waals surface area (Å²) in [7, 11) is -2.76. The monoisotopic (exact) mass is 207 g/mol. The third kappa shape index (κ3) is 1.63. The van der Waals surface area contributed by atoms with Gasteiger partial charge in [0.05, 0.1) is 16.4 Å². The summed E-state index contributed by atoms with van der Waals surface area (Å²) in [5.74, 6) is 1.77. The highest BCUT2D eigenvalue weighted by molar-refractivity contribution is 8.02. The van der Waals surface area contributed by atoms with E-state index in [2.05, 4.69) is 5.32 Å². The Hall–Kier alpha value is 0.260. The van der Waals surface area contributed by atoms with Gasteiger partial charge in [-0.1, -0.05) is 0 Å². The van der Waals surface area contributed by atoms with Crippen molar-refractivity contribution in [1.82, 2.24) is 5.32 Å². The van der Waals surface area contributed by atoms with Crippen LogP contribution in [0.4, 0.5) is 0 Å². The van der Waals surface area contributed by atoms with E-state index < -0.39 is 9.84 Å². The Morgan fingerprint density at radius 3 is 2.83 bits per heavy atom. The molecule has 1 atom stereocenters. The van der Waals surface area contributed by atoms with Gasteiger partial charge in [-0.05, 0) is 12.8 Å². The second kappa shape index (κ2) is 2.89. The first-order chi connectivity index (χ1) is 5.62. The number of sulfone groups is 1. The minimum absolute atomic E-state index is 0.114. The molecule has 0 aromatic carbocycles. The summed E-state index contributed by atoms with van der Waals surface area (Å²) in [6.45, 7) is 0.959. The Kier molecular flexibility index (Phi) is 2.13. The predicted molar refractivity (Wildman–Crippen MR) is 51.1 cm³/mol. The van der Waals surface area contributed by atoms with Crippen LogP contribution in [0.1, 0.15) is 12.8 Å². The number of rotatable bonds is 0. The van der Waals surface area contributed by atoms with Crippen LogP contribution in [0.2, 0.25) is 0 Å².